The van der Waals surface area contributed by atoms with Crippen LogP contribution in [0.3, 0.4) is 0 Å². The summed E-state index contributed by atoms with van der Waals surface area (Å²) in [6.45, 7) is 7.67. The molecule has 0 aliphatic heterocycles. The second-order valence-corrected chi connectivity index (χ2v) is 9.01. The summed E-state index contributed by atoms with van der Waals surface area (Å²) in [6.07, 6.45) is 11.8. The number of aromatic amines is 1. The van der Waals surface area contributed by atoms with Gasteiger partial charge in [0.1, 0.15) is 0 Å². The summed E-state index contributed by atoms with van der Waals surface area (Å²) in [7, 11) is 0. The van der Waals surface area contributed by atoms with Gasteiger partial charge in [0.15, 0.2) is 0 Å². The van der Waals surface area contributed by atoms with Gasteiger partial charge in [0.25, 0.3) is 0 Å². The van der Waals surface area contributed by atoms with Crippen LogP contribution in [-0.4, -0.2) is 11.6 Å². The average Bonchev–Trinajstić information content (AvgIpc) is 3.16. The molecule has 2 heteroatoms. The van der Waals surface area contributed by atoms with Crippen molar-refractivity contribution in [1.82, 2.24) is 4.98 Å². The Labute approximate surface area is 183 Å². The zero-order chi connectivity index (χ0) is 21.2. The van der Waals surface area contributed by atoms with E-state index in [2.05, 4.69) is 80.5 Å². The van der Waals surface area contributed by atoms with Crippen LogP contribution in [-0.2, 0) is 17.6 Å². The highest BCUT2D eigenvalue weighted by Gasteiger charge is 2.12. The van der Waals surface area contributed by atoms with Gasteiger partial charge in [0.05, 0.1) is 6.10 Å². The van der Waals surface area contributed by atoms with E-state index in [0.29, 0.717) is 5.92 Å². The van der Waals surface area contributed by atoms with Crippen LogP contribution in [0.15, 0.2) is 54.7 Å². The predicted molar refractivity (Wildman–Crippen MR) is 129 cm³/mol. The normalized spacial score (nSPS) is 12.7. The number of nitrogens with one attached hydrogen (secondary N) is 1. The second kappa shape index (κ2) is 12.0. The van der Waals surface area contributed by atoms with Gasteiger partial charge in [-0.3, -0.25) is 0 Å². The molecule has 2 nitrogen and oxygen atoms in total. The number of H-pyrrole nitrogens is 1. The molecular formula is C28H39NO. The minimum atomic E-state index is 0.242. The summed E-state index contributed by atoms with van der Waals surface area (Å²) in [6, 6.07) is 17.7. The molecule has 3 aromatic rings. The third-order valence-corrected chi connectivity index (χ3v) is 5.90. The average molecular weight is 406 g/mol. The standard InChI is InChI=1S/C28H39NO/c1-4-5-14-28(24-17-15-23(16-18-24)20-22(2)3)30-19-10-6-7-11-25-21-29-27-13-9-8-12-26(25)27/h8-9,12-13,15-18,21-22,28-29H,4-7,10-11,14,19-20H2,1-3H3. The van der Waals surface area contributed by atoms with Crippen molar-refractivity contribution in [3.8, 4) is 0 Å². The quantitative estimate of drug-likeness (QED) is 0.286. The van der Waals surface area contributed by atoms with Gasteiger partial charge >= 0.3 is 0 Å². The molecule has 0 saturated carbocycles. The number of hydrogen-bond donors (Lipinski definition) is 1. The first kappa shape index (κ1) is 22.6. The molecule has 0 spiro atoms. The fourth-order valence-electron chi connectivity index (χ4n) is 4.23. The predicted octanol–water partition coefficient (Wildman–Crippen LogP) is 8.03. The van der Waals surface area contributed by atoms with Gasteiger partial charge in [-0.05, 0) is 60.8 Å². The fourth-order valence-corrected chi connectivity index (χ4v) is 4.23. The van der Waals surface area contributed by atoms with E-state index >= 15 is 0 Å². The van der Waals surface area contributed by atoms with Gasteiger partial charge in [0, 0.05) is 23.7 Å². The van der Waals surface area contributed by atoms with Gasteiger partial charge in [-0.25, -0.2) is 0 Å². The minimum absolute atomic E-state index is 0.242. The number of aryl methyl sites for hydroxylation is 1. The van der Waals surface area contributed by atoms with Crippen molar-refractivity contribution >= 4 is 10.9 Å². The second-order valence-electron chi connectivity index (χ2n) is 9.01. The van der Waals surface area contributed by atoms with Gasteiger partial charge in [-0.1, -0.05) is 82.5 Å². The van der Waals surface area contributed by atoms with E-state index < -0.39 is 0 Å². The molecule has 0 radical (unpaired) electrons. The number of aromatic nitrogens is 1. The molecule has 0 aliphatic rings. The van der Waals surface area contributed by atoms with Crippen LogP contribution in [0.5, 0.6) is 0 Å². The van der Waals surface area contributed by atoms with Crippen molar-refractivity contribution in [2.75, 3.05) is 6.61 Å². The highest BCUT2D eigenvalue weighted by Crippen LogP contribution is 2.25. The lowest BCUT2D eigenvalue weighted by Crippen LogP contribution is -2.06. The first-order chi connectivity index (χ1) is 14.7. The number of hydrogen-bond acceptors (Lipinski definition) is 1. The summed E-state index contributed by atoms with van der Waals surface area (Å²) < 4.78 is 6.35. The van der Waals surface area contributed by atoms with Crippen molar-refractivity contribution in [3.05, 3.63) is 71.4 Å². The van der Waals surface area contributed by atoms with Crippen LogP contribution in [0, 0.1) is 5.92 Å². The third-order valence-electron chi connectivity index (χ3n) is 5.90. The van der Waals surface area contributed by atoms with Gasteiger partial charge in [-0.15, -0.1) is 0 Å². The van der Waals surface area contributed by atoms with Crippen molar-refractivity contribution in [2.45, 2.75) is 78.2 Å². The lowest BCUT2D eigenvalue weighted by atomic mass is 9.98. The summed E-state index contributed by atoms with van der Waals surface area (Å²) in [5, 5.41) is 1.37. The molecule has 1 unspecified atom stereocenters. The minimum Gasteiger partial charge on any atom is -0.374 e. The molecule has 1 aromatic heterocycles. The number of para-hydroxylation sites is 1. The van der Waals surface area contributed by atoms with E-state index in [-0.39, 0.29) is 6.10 Å². The van der Waals surface area contributed by atoms with Crippen LogP contribution >= 0.6 is 0 Å². The highest BCUT2D eigenvalue weighted by atomic mass is 16.5. The zero-order valence-electron chi connectivity index (χ0n) is 19.1. The van der Waals surface area contributed by atoms with Crippen molar-refractivity contribution < 1.29 is 4.74 Å². The monoisotopic (exact) mass is 405 g/mol. The first-order valence-electron chi connectivity index (χ1n) is 11.9. The topological polar surface area (TPSA) is 25.0 Å². The van der Waals surface area contributed by atoms with E-state index in [0.717, 1.165) is 32.3 Å². The molecule has 0 amide bonds. The first-order valence-corrected chi connectivity index (χ1v) is 11.9. The zero-order valence-corrected chi connectivity index (χ0v) is 19.1. The number of benzene rings is 2. The molecule has 1 heterocycles. The van der Waals surface area contributed by atoms with E-state index in [9.17, 15) is 0 Å². The van der Waals surface area contributed by atoms with Crippen LogP contribution < -0.4 is 0 Å². The van der Waals surface area contributed by atoms with Crippen molar-refractivity contribution in [2.24, 2.45) is 5.92 Å². The molecule has 0 aliphatic carbocycles. The molecule has 30 heavy (non-hydrogen) atoms. The molecule has 1 N–H and O–H groups in total. The maximum absolute atomic E-state index is 6.35. The maximum Gasteiger partial charge on any atom is 0.0824 e. The lowest BCUT2D eigenvalue weighted by molar-refractivity contribution is 0.0425. The Hall–Kier alpha value is -2.06. The Morgan fingerprint density at radius 3 is 2.47 bits per heavy atom. The van der Waals surface area contributed by atoms with Gasteiger partial charge in [0.2, 0.25) is 0 Å². The Kier molecular flexibility index (Phi) is 9.01. The van der Waals surface area contributed by atoms with E-state index in [1.807, 2.05) is 0 Å². The van der Waals surface area contributed by atoms with E-state index in [1.165, 1.54) is 53.3 Å². The van der Waals surface area contributed by atoms with Crippen molar-refractivity contribution in [1.29, 1.82) is 0 Å². The number of unbranched alkanes of at least 4 members (excludes halogenated alkanes) is 3. The Bertz CT molecular complexity index is 862. The summed E-state index contributed by atoms with van der Waals surface area (Å²) in [5.41, 5.74) is 5.46. The van der Waals surface area contributed by atoms with Crippen LogP contribution in [0.2, 0.25) is 0 Å². The smallest absolute Gasteiger partial charge is 0.0824 e. The molecular weight excluding hydrogens is 366 g/mol. The number of fused-ring (bicyclic) bond motifs is 1. The molecule has 0 bridgehead atoms. The third kappa shape index (κ3) is 6.74. The Morgan fingerprint density at radius 1 is 0.900 bits per heavy atom. The molecule has 3 rings (SSSR count). The van der Waals surface area contributed by atoms with E-state index in [1.54, 1.807) is 0 Å². The Morgan fingerprint density at radius 2 is 1.70 bits per heavy atom. The number of ether oxygens (including phenoxy) is 1. The summed E-state index contributed by atoms with van der Waals surface area (Å²) >= 11 is 0. The summed E-state index contributed by atoms with van der Waals surface area (Å²) in [4.78, 5) is 3.38. The lowest BCUT2D eigenvalue weighted by Gasteiger charge is -2.19. The van der Waals surface area contributed by atoms with E-state index in [4.69, 9.17) is 4.74 Å². The Balaban J connectivity index is 1.43. The molecule has 0 fully saturated rings. The molecule has 162 valence electrons. The van der Waals surface area contributed by atoms with Gasteiger partial charge < -0.3 is 9.72 Å². The summed E-state index contributed by atoms with van der Waals surface area (Å²) in [5.74, 6) is 0.701. The molecule has 2 aromatic carbocycles. The SMILES string of the molecule is CCCCC(OCCCCCc1c[nH]c2ccccc12)c1ccc(CC(C)C)cc1. The van der Waals surface area contributed by atoms with Crippen LogP contribution in [0.25, 0.3) is 10.9 Å². The molecule has 1 atom stereocenters. The number of rotatable bonds is 13. The van der Waals surface area contributed by atoms with Crippen LogP contribution in [0.4, 0.5) is 0 Å². The van der Waals surface area contributed by atoms with Crippen molar-refractivity contribution in [3.63, 3.8) is 0 Å². The van der Waals surface area contributed by atoms with Crippen LogP contribution in [0.1, 0.15) is 82.1 Å². The largest absolute Gasteiger partial charge is 0.374 e. The maximum atomic E-state index is 6.35. The highest BCUT2D eigenvalue weighted by molar-refractivity contribution is 5.82. The fraction of sp³-hybridized carbons (Fsp3) is 0.500. The molecule has 0 saturated heterocycles. The van der Waals surface area contributed by atoms with Gasteiger partial charge in [-0.2, -0.15) is 0 Å².